The third-order valence-corrected chi connectivity index (χ3v) is 3.71. The second-order valence-corrected chi connectivity index (χ2v) is 5.61. The third-order valence-electron chi connectivity index (χ3n) is 3.71. The van der Waals surface area contributed by atoms with Gasteiger partial charge in [-0.3, -0.25) is 4.79 Å². The van der Waals surface area contributed by atoms with Crippen LogP contribution in [-0.2, 0) is 4.79 Å². The number of rotatable bonds is 7. The number of allylic oxidation sites excluding steroid dienone is 1. The molecular formula is C18H24N2O4. The summed E-state index contributed by atoms with van der Waals surface area (Å²) in [5, 5.41) is 5.44. The summed E-state index contributed by atoms with van der Waals surface area (Å²) < 4.78 is 11.4. The van der Waals surface area contributed by atoms with Crippen LogP contribution in [0.1, 0.15) is 45.7 Å². The van der Waals surface area contributed by atoms with Crippen molar-refractivity contribution >= 4 is 11.8 Å². The lowest BCUT2D eigenvalue weighted by Gasteiger charge is -2.28. The summed E-state index contributed by atoms with van der Waals surface area (Å²) in [6.45, 7) is 8.25. The van der Waals surface area contributed by atoms with Gasteiger partial charge in [-0.25, -0.2) is 4.79 Å². The number of urea groups is 1. The Balaban J connectivity index is 2.42. The van der Waals surface area contributed by atoms with Crippen LogP contribution < -0.4 is 20.1 Å². The molecule has 24 heavy (non-hydrogen) atoms. The number of hydrogen-bond acceptors (Lipinski definition) is 4. The van der Waals surface area contributed by atoms with Gasteiger partial charge in [-0.1, -0.05) is 13.0 Å². The molecule has 1 atom stereocenters. The first-order valence-corrected chi connectivity index (χ1v) is 8.16. The highest BCUT2D eigenvalue weighted by molar-refractivity contribution is 5.98. The molecule has 130 valence electrons. The molecule has 6 nitrogen and oxygen atoms in total. The molecule has 0 spiro atoms. The zero-order chi connectivity index (χ0) is 17.7. The van der Waals surface area contributed by atoms with Gasteiger partial charge in [-0.15, -0.1) is 0 Å². The molecule has 0 saturated carbocycles. The summed E-state index contributed by atoms with van der Waals surface area (Å²) in [4.78, 5) is 23.8. The molecule has 0 unspecified atom stereocenters. The van der Waals surface area contributed by atoms with Gasteiger partial charge in [0.1, 0.15) is 0 Å². The Labute approximate surface area is 142 Å². The van der Waals surface area contributed by atoms with E-state index in [4.69, 9.17) is 9.47 Å². The summed E-state index contributed by atoms with van der Waals surface area (Å²) in [5.74, 6) is 1.18. The lowest BCUT2D eigenvalue weighted by atomic mass is 9.93. The number of carbonyl (C=O) groups excluding carboxylic acids is 2. The van der Waals surface area contributed by atoms with E-state index in [-0.39, 0.29) is 11.8 Å². The van der Waals surface area contributed by atoms with Crippen LogP contribution in [0.15, 0.2) is 29.5 Å². The van der Waals surface area contributed by atoms with Crippen LogP contribution in [0.3, 0.4) is 0 Å². The van der Waals surface area contributed by atoms with E-state index in [0.29, 0.717) is 36.0 Å². The zero-order valence-corrected chi connectivity index (χ0v) is 14.6. The smallest absolute Gasteiger partial charge is 0.319 e. The van der Waals surface area contributed by atoms with Crippen molar-refractivity contribution in [3.63, 3.8) is 0 Å². The summed E-state index contributed by atoms with van der Waals surface area (Å²) in [5.41, 5.74) is 1.89. The van der Waals surface area contributed by atoms with E-state index in [1.165, 1.54) is 6.92 Å². The van der Waals surface area contributed by atoms with Crippen LogP contribution in [0.25, 0.3) is 0 Å². The van der Waals surface area contributed by atoms with Crippen molar-refractivity contribution in [2.45, 2.75) is 40.2 Å². The second kappa shape index (κ2) is 7.86. The van der Waals surface area contributed by atoms with E-state index in [2.05, 4.69) is 10.6 Å². The van der Waals surface area contributed by atoms with Gasteiger partial charge in [0.15, 0.2) is 17.3 Å². The molecule has 6 heteroatoms. The van der Waals surface area contributed by atoms with E-state index < -0.39 is 6.04 Å². The second-order valence-electron chi connectivity index (χ2n) is 5.61. The standard InChI is InChI=1S/C18H24N2O4/c1-5-9-24-14-8-7-13(10-15(14)23-6-2)17-16(12(4)21)11(3)19-18(22)20-17/h7-8,10,17H,5-6,9H2,1-4H3,(H2,19,20,22)/t17-/m0/s1. The zero-order valence-electron chi connectivity index (χ0n) is 14.6. The average Bonchev–Trinajstić information content (AvgIpc) is 2.52. The van der Waals surface area contributed by atoms with E-state index >= 15 is 0 Å². The maximum Gasteiger partial charge on any atom is 0.319 e. The van der Waals surface area contributed by atoms with Crippen molar-refractivity contribution in [2.75, 3.05) is 13.2 Å². The number of amides is 2. The lowest BCUT2D eigenvalue weighted by Crippen LogP contribution is -2.44. The summed E-state index contributed by atoms with van der Waals surface area (Å²) in [6.07, 6.45) is 0.897. The highest BCUT2D eigenvalue weighted by atomic mass is 16.5. The Kier molecular flexibility index (Phi) is 5.84. The quantitative estimate of drug-likeness (QED) is 0.804. The predicted molar refractivity (Wildman–Crippen MR) is 91.2 cm³/mol. The van der Waals surface area contributed by atoms with Gasteiger partial charge in [0.05, 0.1) is 19.3 Å². The Morgan fingerprint density at radius 2 is 1.96 bits per heavy atom. The molecule has 1 aromatic rings. The average molecular weight is 332 g/mol. The van der Waals surface area contributed by atoms with Crippen LogP contribution in [0.5, 0.6) is 11.5 Å². The fraction of sp³-hybridized carbons (Fsp3) is 0.444. The molecular weight excluding hydrogens is 308 g/mol. The molecule has 0 radical (unpaired) electrons. The molecule has 1 aliphatic heterocycles. The first kappa shape index (κ1) is 17.8. The van der Waals surface area contributed by atoms with E-state index in [0.717, 1.165) is 12.0 Å². The topological polar surface area (TPSA) is 76.7 Å². The Hall–Kier alpha value is -2.50. The molecule has 0 aliphatic carbocycles. The maximum atomic E-state index is 12.0. The molecule has 2 amide bonds. The third kappa shape index (κ3) is 3.88. The molecule has 0 fully saturated rings. The van der Waals surface area contributed by atoms with Crippen molar-refractivity contribution in [3.05, 3.63) is 35.0 Å². The van der Waals surface area contributed by atoms with Gasteiger partial charge >= 0.3 is 6.03 Å². The van der Waals surface area contributed by atoms with Gasteiger partial charge in [-0.2, -0.15) is 0 Å². The molecule has 1 heterocycles. The van der Waals surface area contributed by atoms with Crippen LogP contribution in [0, 0.1) is 0 Å². The number of ether oxygens (including phenoxy) is 2. The molecule has 1 aliphatic rings. The number of benzene rings is 1. The van der Waals surface area contributed by atoms with Crippen molar-refractivity contribution in [1.82, 2.24) is 10.6 Å². The minimum atomic E-state index is -0.504. The van der Waals surface area contributed by atoms with Crippen molar-refractivity contribution in [3.8, 4) is 11.5 Å². The molecule has 0 saturated heterocycles. The van der Waals surface area contributed by atoms with Crippen molar-refractivity contribution < 1.29 is 19.1 Å². The van der Waals surface area contributed by atoms with Crippen LogP contribution >= 0.6 is 0 Å². The maximum absolute atomic E-state index is 12.0. The SMILES string of the molecule is CCCOc1ccc([C@@H]2NC(=O)NC(C)=C2C(C)=O)cc1OCC. The predicted octanol–water partition coefficient (Wildman–Crippen LogP) is 3.09. The fourth-order valence-corrected chi connectivity index (χ4v) is 2.71. The Morgan fingerprint density at radius 1 is 1.21 bits per heavy atom. The minimum Gasteiger partial charge on any atom is -0.490 e. The van der Waals surface area contributed by atoms with E-state index in [1.807, 2.05) is 32.0 Å². The Morgan fingerprint density at radius 3 is 2.58 bits per heavy atom. The van der Waals surface area contributed by atoms with Gasteiger partial charge < -0.3 is 20.1 Å². The molecule has 1 aromatic carbocycles. The first-order valence-electron chi connectivity index (χ1n) is 8.16. The number of carbonyl (C=O) groups is 2. The number of ketones is 1. The van der Waals surface area contributed by atoms with Gasteiger partial charge in [-0.05, 0) is 44.9 Å². The summed E-state index contributed by atoms with van der Waals surface area (Å²) >= 11 is 0. The largest absolute Gasteiger partial charge is 0.490 e. The molecule has 2 rings (SSSR count). The molecule has 0 aromatic heterocycles. The highest BCUT2D eigenvalue weighted by Crippen LogP contribution is 2.34. The first-order chi connectivity index (χ1) is 11.5. The van der Waals surface area contributed by atoms with E-state index in [9.17, 15) is 9.59 Å². The minimum absolute atomic E-state index is 0.0886. The normalized spacial score (nSPS) is 17.2. The number of Topliss-reactive ketones (excluding diaryl/α,β-unsaturated/α-hetero) is 1. The highest BCUT2D eigenvalue weighted by Gasteiger charge is 2.29. The summed E-state index contributed by atoms with van der Waals surface area (Å²) in [7, 11) is 0. The van der Waals surface area contributed by atoms with Crippen LogP contribution in [0.4, 0.5) is 4.79 Å². The molecule has 2 N–H and O–H groups in total. The monoisotopic (exact) mass is 332 g/mol. The van der Waals surface area contributed by atoms with Gasteiger partial charge in [0.25, 0.3) is 0 Å². The van der Waals surface area contributed by atoms with Crippen LogP contribution in [-0.4, -0.2) is 25.0 Å². The van der Waals surface area contributed by atoms with Gasteiger partial charge in [0, 0.05) is 11.3 Å². The number of nitrogens with one attached hydrogen (secondary N) is 2. The number of hydrogen-bond donors (Lipinski definition) is 2. The van der Waals surface area contributed by atoms with Crippen LogP contribution in [0.2, 0.25) is 0 Å². The summed E-state index contributed by atoms with van der Waals surface area (Å²) in [6, 6.07) is 4.65. The van der Waals surface area contributed by atoms with Gasteiger partial charge in [0.2, 0.25) is 0 Å². The lowest BCUT2D eigenvalue weighted by molar-refractivity contribution is -0.114. The van der Waals surface area contributed by atoms with Crippen molar-refractivity contribution in [1.29, 1.82) is 0 Å². The molecule has 0 bridgehead atoms. The van der Waals surface area contributed by atoms with E-state index in [1.54, 1.807) is 6.92 Å². The Bertz CT molecular complexity index is 667. The fourth-order valence-electron chi connectivity index (χ4n) is 2.71. The van der Waals surface area contributed by atoms with Crippen molar-refractivity contribution in [2.24, 2.45) is 0 Å².